The highest BCUT2D eigenvalue weighted by atomic mass is 31.2. The second kappa shape index (κ2) is 5.94. The lowest BCUT2D eigenvalue weighted by atomic mass is 9.70. The molecule has 1 aliphatic carbocycles. The van der Waals surface area contributed by atoms with E-state index in [1.54, 1.807) is 6.92 Å². The maximum absolute atomic E-state index is 12.3. The molecule has 0 aromatic heterocycles. The Morgan fingerprint density at radius 2 is 2.00 bits per heavy atom. The minimum Gasteiger partial charge on any atom is -0.302 e. The van der Waals surface area contributed by atoms with Gasteiger partial charge in [-0.05, 0) is 43.8 Å². The van der Waals surface area contributed by atoms with Crippen LogP contribution in [-0.2, 0) is 18.4 Å². The van der Waals surface area contributed by atoms with E-state index in [2.05, 4.69) is 4.52 Å². The SMILES string of the molecule is COP(=O)(O)OC1CC(C)(C)C(C=C(C)C)=C(C)C1=O. The van der Waals surface area contributed by atoms with Gasteiger partial charge in [0.2, 0.25) is 0 Å². The second-order valence-electron chi connectivity index (χ2n) is 5.96. The number of carbonyl (C=O) groups is 1. The Balaban J connectivity index is 3.18. The third kappa shape index (κ3) is 3.89. The normalized spacial score (nSPS) is 25.4. The zero-order chi connectivity index (χ0) is 15.7. The van der Waals surface area contributed by atoms with Gasteiger partial charge in [0.25, 0.3) is 0 Å². The Hall–Kier alpha value is -0.740. The summed E-state index contributed by atoms with van der Waals surface area (Å²) in [4.78, 5) is 21.7. The Labute approximate surface area is 120 Å². The molecule has 1 rings (SSSR count). The number of phosphoric ester groups is 1. The molecule has 1 N–H and O–H groups in total. The molecule has 0 spiro atoms. The third-order valence-corrected chi connectivity index (χ3v) is 4.40. The van der Waals surface area contributed by atoms with Crippen LogP contribution >= 0.6 is 7.82 Å². The molecule has 6 heteroatoms. The van der Waals surface area contributed by atoms with Crippen LogP contribution in [0.2, 0.25) is 0 Å². The molecule has 5 nitrogen and oxygen atoms in total. The first-order valence-corrected chi connectivity index (χ1v) is 7.97. The average Bonchev–Trinajstić information content (AvgIpc) is 2.31. The van der Waals surface area contributed by atoms with E-state index in [0.717, 1.165) is 18.3 Å². The summed E-state index contributed by atoms with van der Waals surface area (Å²) in [6, 6.07) is 0. The van der Waals surface area contributed by atoms with Gasteiger partial charge in [-0.15, -0.1) is 0 Å². The minimum absolute atomic E-state index is 0.261. The van der Waals surface area contributed by atoms with Crippen molar-refractivity contribution < 1.29 is 23.3 Å². The molecule has 0 heterocycles. The first kappa shape index (κ1) is 17.3. The molecule has 0 radical (unpaired) electrons. The van der Waals surface area contributed by atoms with Crippen LogP contribution in [0.1, 0.15) is 41.0 Å². The number of carbonyl (C=O) groups excluding carboxylic acids is 1. The predicted molar refractivity (Wildman–Crippen MR) is 77.2 cm³/mol. The summed E-state index contributed by atoms with van der Waals surface area (Å²) in [5.74, 6) is -0.261. The number of allylic oxidation sites excluding steroid dienone is 3. The molecule has 20 heavy (non-hydrogen) atoms. The topological polar surface area (TPSA) is 72.8 Å². The van der Waals surface area contributed by atoms with Gasteiger partial charge >= 0.3 is 7.82 Å². The summed E-state index contributed by atoms with van der Waals surface area (Å²) < 4.78 is 20.9. The number of hydrogen-bond donors (Lipinski definition) is 1. The number of Topliss-reactive ketones (excluding diaryl/α,β-unsaturated/α-hetero) is 1. The van der Waals surface area contributed by atoms with Gasteiger partial charge < -0.3 is 4.89 Å². The van der Waals surface area contributed by atoms with Gasteiger partial charge in [-0.1, -0.05) is 25.5 Å². The van der Waals surface area contributed by atoms with Crippen LogP contribution < -0.4 is 0 Å². The largest absolute Gasteiger partial charge is 0.472 e. The van der Waals surface area contributed by atoms with E-state index >= 15 is 0 Å². The fourth-order valence-corrected chi connectivity index (χ4v) is 3.01. The second-order valence-corrected chi connectivity index (χ2v) is 7.47. The van der Waals surface area contributed by atoms with E-state index < -0.39 is 13.9 Å². The highest BCUT2D eigenvalue weighted by Gasteiger charge is 2.41. The monoisotopic (exact) mass is 302 g/mol. The maximum atomic E-state index is 12.3. The smallest absolute Gasteiger partial charge is 0.302 e. The molecule has 0 amide bonds. The van der Waals surface area contributed by atoms with Gasteiger partial charge in [0.15, 0.2) is 5.78 Å². The Kier molecular flexibility index (Phi) is 5.14. The van der Waals surface area contributed by atoms with Crippen molar-refractivity contribution in [3.05, 3.63) is 22.8 Å². The summed E-state index contributed by atoms with van der Waals surface area (Å²) in [6.07, 6.45) is 1.38. The van der Waals surface area contributed by atoms with E-state index in [1.165, 1.54) is 0 Å². The fourth-order valence-electron chi connectivity index (χ4n) is 2.43. The number of hydrogen-bond acceptors (Lipinski definition) is 4. The van der Waals surface area contributed by atoms with E-state index in [1.807, 2.05) is 33.8 Å². The van der Waals surface area contributed by atoms with Crippen molar-refractivity contribution in [2.75, 3.05) is 7.11 Å². The zero-order valence-corrected chi connectivity index (χ0v) is 13.8. The summed E-state index contributed by atoms with van der Waals surface area (Å²) in [5, 5.41) is 0. The molecule has 0 saturated heterocycles. The van der Waals surface area contributed by atoms with E-state index in [-0.39, 0.29) is 11.2 Å². The first-order valence-electron chi connectivity index (χ1n) is 6.47. The molecular formula is C14H23O5P. The van der Waals surface area contributed by atoms with E-state index in [4.69, 9.17) is 4.52 Å². The highest BCUT2D eigenvalue weighted by molar-refractivity contribution is 7.47. The molecule has 0 aliphatic heterocycles. The molecule has 0 fully saturated rings. The van der Waals surface area contributed by atoms with Gasteiger partial charge in [-0.3, -0.25) is 13.8 Å². The van der Waals surface area contributed by atoms with Crippen LogP contribution in [0.4, 0.5) is 0 Å². The predicted octanol–water partition coefficient (Wildman–Crippen LogP) is 3.40. The summed E-state index contributed by atoms with van der Waals surface area (Å²) in [6.45, 7) is 9.64. The van der Waals surface area contributed by atoms with Crippen LogP contribution in [0, 0.1) is 5.41 Å². The zero-order valence-electron chi connectivity index (χ0n) is 12.9. The summed E-state index contributed by atoms with van der Waals surface area (Å²) >= 11 is 0. The van der Waals surface area contributed by atoms with Crippen molar-refractivity contribution >= 4 is 13.6 Å². The molecule has 0 aromatic carbocycles. The van der Waals surface area contributed by atoms with Crippen LogP contribution in [0.3, 0.4) is 0 Å². The molecule has 0 bridgehead atoms. The lowest BCUT2D eigenvalue weighted by molar-refractivity contribution is -0.125. The summed E-state index contributed by atoms with van der Waals surface area (Å²) in [5.41, 5.74) is 2.31. The highest BCUT2D eigenvalue weighted by Crippen LogP contribution is 2.49. The molecule has 1 aliphatic rings. The van der Waals surface area contributed by atoms with E-state index in [0.29, 0.717) is 12.0 Å². The lowest BCUT2D eigenvalue weighted by Gasteiger charge is -2.36. The van der Waals surface area contributed by atoms with Gasteiger partial charge in [0.05, 0.1) is 0 Å². The van der Waals surface area contributed by atoms with E-state index in [9.17, 15) is 14.3 Å². The molecule has 2 atom stereocenters. The van der Waals surface area contributed by atoms with Gasteiger partial charge in [-0.25, -0.2) is 4.57 Å². The lowest BCUT2D eigenvalue weighted by Crippen LogP contribution is -2.37. The van der Waals surface area contributed by atoms with Crippen molar-refractivity contribution in [2.45, 2.75) is 47.1 Å². The minimum atomic E-state index is -4.17. The average molecular weight is 302 g/mol. The van der Waals surface area contributed by atoms with Crippen molar-refractivity contribution in [1.82, 2.24) is 0 Å². The maximum Gasteiger partial charge on any atom is 0.472 e. The third-order valence-electron chi connectivity index (χ3n) is 3.42. The molecule has 0 aromatic rings. The number of ketones is 1. The number of phosphoric acid groups is 1. The Morgan fingerprint density at radius 3 is 2.45 bits per heavy atom. The number of rotatable bonds is 4. The van der Waals surface area contributed by atoms with Crippen LogP contribution in [0.15, 0.2) is 22.8 Å². The van der Waals surface area contributed by atoms with Crippen LogP contribution in [0.25, 0.3) is 0 Å². The summed E-state index contributed by atoms with van der Waals surface area (Å²) in [7, 11) is -3.09. The van der Waals surface area contributed by atoms with Crippen molar-refractivity contribution in [3.8, 4) is 0 Å². The van der Waals surface area contributed by atoms with Crippen molar-refractivity contribution in [1.29, 1.82) is 0 Å². The first-order chi connectivity index (χ1) is 9.00. The van der Waals surface area contributed by atoms with Crippen LogP contribution in [0.5, 0.6) is 0 Å². The fraction of sp³-hybridized carbons (Fsp3) is 0.643. The van der Waals surface area contributed by atoms with Gasteiger partial charge in [0.1, 0.15) is 6.10 Å². The Bertz CT molecular complexity index is 512. The van der Waals surface area contributed by atoms with Crippen molar-refractivity contribution in [2.24, 2.45) is 5.41 Å². The van der Waals surface area contributed by atoms with Gasteiger partial charge in [-0.2, -0.15) is 0 Å². The molecule has 114 valence electrons. The van der Waals surface area contributed by atoms with Gasteiger partial charge in [0, 0.05) is 7.11 Å². The van der Waals surface area contributed by atoms with Crippen molar-refractivity contribution in [3.63, 3.8) is 0 Å². The van der Waals surface area contributed by atoms with Crippen LogP contribution in [-0.4, -0.2) is 23.9 Å². The molecule has 2 unspecified atom stereocenters. The standard InChI is InChI=1S/C14H23O5P/c1-9(2)7-11-10(3)13(15)12(8-14(11,4)5)19-20(16,17)18-6/h7,12H,8H2,1-6H3,(H,16,17). The quantitative estimate of drug-likeness (QED) is 0.806. The Morgan fingerprint density at radius 1 is 1.45 bits per heavy atom. The molecule has 0 saturated carbocycles. The molecular weight excluding hydrogens is 279 g/mol.